The number of anilines is 1. The summed E-state index contributed by atoms with van der Waals surface area (Å²) in [4.78, 5) is 32.9. The summed E-state index contributed by atoms with van der Waals surface area (Å²) in [5, 5.41) is 22.3. The first-order valence-electron chi connectivity index (χ1n) is 5.37. The number of carboxylic acid groups (broad SMARTS) is 1. The zero-order valence-electron chi connectivity index (χ0n) is 9.90. The lowest BCUT2D eigenvalue weighted by Crippen LogP contribution is -2.12. The van der Waals surface area contributed by atoms with Crippen molar-refractivity contribution in [2.45, 2.75) is 0 Å². The first kappa shape index (κ1) is 13.7. The molecule has 0 unspecified atom stereocenters. The van der Waals surface area contributed by atoms with Gasteiger partial charge in [-0.25, -0.2) is 4.79 Å². The molecule has 0 saturated carbocycles. The van der Waals surface area contributed by atoms with Crippen LogP contribution in [0.3, 0.4) is 0 Å². The third-order valence-corrected chi connectivity index (χ3v) is 3.39. The fourth-order valence-electron chi connectivity index (χ4n) is 1.52. The molecule has 1 aromatic heterocycles. The molecular formula is C12H8N2O5S. The molecule has 1 aromatic carbocycles. The van der Waals surface area contributed by atoms with Crippen LogP contribution in [-0.4, -0.2) is 21.9 Å². The van der Waals surface area contributed by atoms with Gasteiger partial charge in [-0.2, -0.15) is 0 Å². The molecule has 0 aliphatic heterocycles. The second-order valence-electron chi connectivity index (χ2n) is 3.70. The Morgan fingerprint density at radius 1 is 1.20 bits per heavy atom. The molecule has 0 spiro atoms. The zero-order valence-corrected chi connectivity index (χ0v) is 10.7. The standard InChI is InChI=1S/C12H8N2O5S/c15-11(7-3-1-2-4-8(7)14(18)19)13-10-6-5-9(20-10)12(16)17/h1-6H,(H,13,15)(H,16,17). The monoisotopic (exact) mass is 292 g/mol. The van der Waals surface area contributed by atoms with E-state index in [0.717, 1.165) is 11.3 Å². The van der Waals surface area contributed by atoms with E-state index in [4.69, 9.17) is 5.11 Å². The van der Waals surface area contributed by atoms with Gasteiger partial charge in [0, 0.05) is 6.07 Å². The molecule has 0 aliphatic rings. The highest BCUT2D eigenvalue weighted by Crippen LogP contribution is 2.24. The Morgan fingerprint density at radius 3 is 2.50 bits per heavy atom. The van der Waals surface area contributed by atoms with Gasteiger partial charge in [0.05, 0.1) is 9.92 Å². The highest BCUT2D eigenvalue weighted by Gasteiger charge is 2.20. The normalized spacial score (nSPS) is 10.0. The van der Waals surface area contributed by atoms with Crippen LogP contribution in [0.2, 0.25) is 0 Å². The second-order valence-corrected chi connectivity index (χ2v) is 4.78. The summed E-state index contributed by atoms with van der Waals surface area (Å²) in [6.07, 6.45) is 0. The summed E-state index contributed by atoms with van der Waals surface area (Å²) in [6, 6.07) is 8.32. The summed E-state index contributed by atoms with van der Waals surface area (Å²) in [5.41, 5.74) is -0.386. The van der Waals surface area contributed by atoms with Crippen LogP contribution >= 0.6 is 11.3 Å². The molecule has 20 heavy (non-hydrogen) atoms. The van der Waals surface area contributed by atoms with Crippen molar-refractivity contribution in [2.75, 3.05) is 5.32 Å². The lowest BCUT2D eigenvalue weighted by molar-refractivity contribution is -0.385. The molecule has 0 saturated heterocycles. The van der Waals surface area contributed by atoms with Gasteiger partial charge in [-0.15, -0.1) is 11.3 Å². The smallest absolute Gasteiger partial charge is 0.345 e. The number of benzene rings is 1. The predicted octanol–water partition coefficient (Wildman–Crippen LogP) is 2.61. The second kappa shape index (κ2) is 5.49. The quantitative estimate of drug-likeness (QED) is 0.665. The van der Waals surface area contributed by atoms with E-state index in [1.54, 1.807) is 0 Å². The highest BCUT2D eigenvalue weighted by molar-refractivity contribution is 7.18. The van der Waals surface area contributed by atoms with Crippen molar-refractivity contribution < 1.29 is 19.6 Å². The number of aromatic carboxylic acids is 1. The van der Waals surface area contributed by atoms with Crippen molar-refractivity contribution in [1.29, 1.82) is 0 Å². The SMILES string of the molecule is O=C(O)c1ccc(NC(=O)c2ccccc2[N+](=O)[O-])s1. The number of nitrogens with zero attached hydrogens (tertiary/aromatic N) is 1. The molecule has 0 atom stereocenters. The molecule has 0 radical (unpaired) electrons. The number of rotatable bonds is 4. The van der Waals surface area contributed by atoms with Gasteiger partial charge in [0.15, 0.2) is 0 Å². The fourth-order valence-corrected chi connectivity index (χ4v) is 2.26. The van der Waals surface area contributed by atoms with Crippen LogP contribution in [0.1, 0.15) is 20.0 Å². The van der Waals surface area contributed by atoms with Gasteiger partial charge in [0.2, 0.25) is 0 Å². The average Bonchev–Trinajstić information content (AvgIpc) is 2.87. The number of carboxylic acids is 1. The van der Waals surface area contributed by atoms with Gasteiger partial charge >= 0.3 is 5.97 Å². The number of para-hydroxylation sites is 1. The minimum atomic E-state index is -1.10. The third-order valence-electron chi connectivity index (χ3n) is 2.40. The van der Waals surface area contributed by atoms with Gasteiger partial charge in [0.1, 0.15) is 10.4 Å². The molecule has 1 heterocycles. The number of hydrogen-bond acceptors (Lipinski definition) is 5. The average molecular weight is 292 g/mol. The van der Waals surface area contributed by atoms with E-state index >= 15 is 0 Å². The summed E-state index contributed by atoms with van der Waals surface area (Å²) in [7, 11) is 0. The molecule has 8 heteroatoms. The van der Waals surface area contributed by atoms with Gasteiger partial charge in [-0.1, -0.05) is 12.1 Å². The summed E-state index contributed by atoms with van der Waals surface area (Å²) < 4.78 is 0. The Kier molecular flexibility index (Phi) is 3.76. The Hall–Kier alpha value is -2.74. The Labute approximate surface area is 116 Å². The van der Waals surface area contributed by atoms with Crippen LogP contribution in [0.15, 0.2) is 36.4 Å². The maximum atomic E-state index is 12.0. The molecule has 102 valence electrons. The maximum Gasteiger partial charge on any atom is 0.345 e. The van der Waals surface area contributed by atoms with Crippen LogP contribution in [0.4, 0.5) is 10.7 Å². The van der Waals surface area contributed by atoms with Gasteiger partial charge < -0.3 is 10.4 Å². The van der Waals surface area contributed by atoms with E-state index < -0.39 is 16.8 Å². The number of carbonyl (C=O) groups is 2. The van der Waals surface area contributed by atoms with Crippen molar-refractivity contribution in [3.05, 3.63) is 57.0 Å². The largest absolute Gasteiger partial charge is 0.477 e. The minimum absolute atomic E-state index is 0.0721. The Morgan fingerprint density at radius 2 is 1.90 bits per heavy atom. The summed E-state index contributed by atoms with van der Waals surface area (Å²) in [6.45, 7) is 0. The molecule has 2 rings (SSSR count). The molecule has 0 aliphatic carbocycles. The summed E-state index contributed by atoms with van der Waals surface area (Å²) >= 11 is 0.877. The van der Waals surface area contributed by atoms with E-state index in [9.17, 15) is 19.7 Å². The molecular weight excluding hydrogens is 284 g/mol. The molecule has 0 bridgehead atoms. The summed E-state index contributed by atoms with van der Waals surface area (Å²) in [5.74, 6) is -1.75. The molecule has 1 amide bonds. The molecule has 7 nitrogen and oxygen atoms in total. The van der Waals surface area contributed by atoms with Crippen LogP contribution in [0.5, 0.6) is 0 Å². The number of amides is 1. The number of nitrogens with one attached hydrogen (secondary N) is 1. The van der Waals surface area contributed by atoms with E-state index in [2.05, 4.69) is 5.32 Å². The zero-order chi connectivity index (χ0) is 14.7. The van der Waals surface area contributed by atoms with Gasteiger partial charge in [-0.3, -0.25) is 14.9 Å². The van der Waals surface area contributed by atoms with Gasteiger partial charge in [0.25, 0.3) is 11.6 Å². The fraction of sp³-hybridized carbons (Fsp3) is 0. The first-order valence-corrected chi connectivity index (χ1v) is 6.18. The molecule has 0 fully saturated rings. The number of hydrogen-bond donors (Lipinski definition) is 2. The molecule has 2 N–H and O–H groups in total. The third kappa shape index (κ3) is 2.81. The number of nitro groups is 1. The number of thiophene rings is 1. The number of carbonyl (C=O) groups excluding carboxylic acids is 1. The van der Waals surface area contributed by atoms with Crippen LogP contribution in [-0.2, 0) is 0 Å². The van der Waals surface area contributed by atoms with E-state index in [-0.39, 0.29) is 16.1 Å². The van der Waals surface area contributed by atoms with Gasteiger partial charge in [-0.05, 0) is 18.2 Å². The lowest BCUT2D eigenvalue weighted by atomic mass is 10.1. The van der Waals surface area contributed by atoms with Crippen molar-refractivity contribution in [3.8, 4) is 0 Å². The topological polar surface area (TPSA) is 110 Å². The first-order chi connectivity index (χ1) is 9.49. The van der Waals surface area contributed by atoms with Crippen LogP contribution < -0.4 is 5.32 Å². The number of nitro benzene ring substituents is 1. The highest BCUT2D eigenvalue weighted by atomic mass is 32.1. The predicted molar refractivity (Wildman–Crippen MR) is 72.3 cm³/mol. The van der Waals surface area contributed by atoms with E-state index in [1.807, 2.05) is 0 Å². The van der Waals surface area contributed by atoms with E-state index in [0.29, 0.717) is 5.00 Å². The van der Waals surface area contributed by atoms with Crippen LogP contribution in [0, 0.1) is 10.1 Å². The van der Waals surface area contributed by atoms with E-state index in [1.165, 1.54) is 36.4 Å². The van der Waals surface area contributed by atoms with Crippen molar-refractivity contribution in [1.82, 2.24) is 0 Å². The Balaban J connectivity index is 2.24. The van der Waals surface area contributed by atoms with Crippen LogP contribution in [0.25, 0.3) is 0 Å². The van der Waals surface area contributed by atoms with Crippen molar-refractivity contribution in [3.63, 3.8) is 0 Å². The molecule has 2 aromatic rings. The van der Waals surface area contributed by atoms with Crippen molar-refractivity contribution >= 4 is 33.9 Å². The lowest BCUT2D eigenvalue weighted by Gasteiger charge is -2.03. The minimum Gasteiger partial charge on any atom is -0.477 e. The maximum absolute atomic E-state index is 12.0. The van der Waals surface area contributed by atoms with Crippen molar-refractivity contribution in [2.24, 2.45) is 0 Å². The Bertz CT molecular complexity index is 695.